The van der Waals surface area contributed by atoms with Crippen LogP contribution in [0.3, 0.4) is 0 Å². The molecule has 2 aliphatic rings. The quantitative estimate of drug-likeness (QED) is 0.628. The van der Waals surface area contributed by atoms with Crippen molar-refractivity contribution in [3.63, 3.8) is 0 Å². The molecule has 27 heavy (non-hydrogen) atoms. The van der Waals surface area contributed by atoms with Crippen LogP contribution in [0.2, 0.25) is 0 Å². The van der Waals surface area contributed by atoms with E-state index in [2.05, 4.69) is 58.7 Å². The van der Waals surface area contributed by atoms with E-state index in [1.54, 1.807) is 18.1 Å². The molecule has 0 unspecified atom stereocenters. The van der Waals surface area contributed by atoms with Crippen LogP contribution in [-0.2, 0) is 6.54 Å². The molecule has 2 aromatic rings. The van der Waals surface area contributed by atoms with Crippen LogP contribution in [0.15, 0.2) is 57.3 Å². The molecule has 0 saturated carbocycles. The van der Waals surface area contributed by atoms with Gasteiger partial charge in [-0.25, -0.2) is 9.97 Å². The van der Waals surface area contributed by atoms with Crippen molar-refractivity contribution in [3.05, 3.63) is 52.8 Å². The summed E-state index contributed by atoms with van der Waals surface area (Å²) in [4.78, 5) is 15.0. The van der Waals surface area contributed by atoms with Crippen molar-refractivity contribution in [2.24, 2.45) is 10.4 Å². The molecule has 142 valence electrons. The number of hydrogen-bond acceptors (Lipinski definition) is 6. The minimum Gasteiger partial charge on any atom is -0.371 e. The van der Waals surface area contributed by atoms with Crippen molar-refractivity contribution in [2.45, 2.75) is 38.3 Å². The topological polar surface area (TPSA) is 62.2 Å². The van der Waals surface area contributed by atoms with Gasteiger partial charge in [-0.3, -0.25) is 4.99 Å². The van der Waals surface area contributed by atoms with Crippen LogP contribution in [0.1, 0.15) is 32.3 Å². The number of rotatable bonds is 3. The molecule has 7 heteroatoms. The van der Waals surface area contributed by atoms with Gasteiger partial charge in [0.15, 0.2) is 5.82 Å². The Morgan fingerprint density at radius 1 is 1.19 bits per heavy atom. The lowest BCUT2D eigenvalue weighted by atomic mass is 9.78. The van der Waals surface area contributed by atoms with Gasteiger partial charge in [0.05, 0.1) is 17.2 Å². The second-order valence-electron chi connectivity index (χ2n) is 7.45. The summed E-state index contributed by atoms with van der Waals surface area (Å²) in [6.45, 7) is 5.32. The van der Waals surface area contributed by atoms with E-state index in [0.717, 1.165) is 29.4 Å². The van der Waals surface area contributed by atoms with Crippen molar-refractivity contribution in [1.82, 2.24) is 9.97 Å². The Kier molecular flexibility index (Phi) is 5.91. The number of fused-ring (bicyclic) bond motifs is 1. The summed E-state index contributed by atoms with van der Waals surface area (Å²) in [5.41, 5.74) is 4.79. The monoisotopic (exact) mass is 445 g/mol. The first-order valence-corrected chi connectivity index (χ1v) is 9.66. The summed E-state index contributed by atoms with van der Waals surface area (Å²) in [6, 6.07) is 10.4. The molecule has 5 nitrogen and oxygen atoms in total. The molecule has 0 saturated heterocycles. The molecule has 0 bridgehead atoms. The first-order valence-electron chi connectivity index (χ1n) is 8.84. The molecule has 2 N–H and O–H groups in total. The lowest BCUT2D eigenvalue weighted by Crippen LogP contribution is -2.29. The van der Waals surface area contributed by atoms with E-state index >= 15 is 0 Å². The van der Waals surface area contributed by atoms with E-state index in [9.17, 15) is 0 Å². The van der Waals surface area contributed by atoms with Crippen LogP contribution in [0.5, 0.6) is 0 Å². The number of hydrogen-bond donors (Lipinski definition) is 2. The Hall–Kier alpha value is -1.86. The zero-order chi connectivity index (χ0) is 18.1. The number of aromatic nitrogens is 2. The van der Waals surface area contributed by atoms with Crippen LogP contribution in [0.25, 0.3) is 0 Å². The van der Waals surface area contributed by atoms with Crippen molar-refractivity contribution < 1.29 is 0 Å². The van der Waals surface area contributed by atoms with E-state index in [0.29, 0.717) is 6.54 Å². The highest BCUT2D eigenvalue weighted by Crippen LogP contribution is 2.49. The number of benzene rings is 1. The smallest absolute Gasteiger partial charge is 0.154 e. The van der Waals surface area contributed by atoms with Gasteiger partial charge in [0.1, 0.15) is 17.0 Å². The van der Waals surface area contributed by atoms with Gasteiger partial charge in [0, 0.05) is 12.7 Å². The molecule has 1 aromatic carbocycles. The van der Waals surface area contributed by atoms with E-state index in [4.69, 9.17) is 4.99 Å². The van der Waals surface area contributed by atoms with Crippen molar-refractivity contribution in [3.8, 4) is 0 Å². The SMILES string of the molecule is Br.CNc1ncnc2c1NC1=C(S2)C(=NCc2ccccc2)CC(C)(C)C1. The van der Waals surface area contributed by atoms with Crippen LogP contribution < -0.4 is 10.6 Å². The van der Waals surface area contributed by atoms with E-state index in [1.165, 1.54) is 21.9 Å². The Morgan fingerprint density at radius 2 is 1.96 bits per heavy atom. The molecule has 0 atom stereocenters. The molecular formula is C20H24BrN5S. The predicted octanol–water partition coefficient (Wildman–Crippen LogP) is 5.29. The van der Waals surface area contributed by atoms with Crippen LogP contribution in [0, 0.1) is 5.41 Å². The average molecular weight is 446 g/mol. The number of halogens is 1. The largest absolute Gasteiger partial charge is 0.371 e. The Labute approximate surface area is 175 Å². The van der Waals surface area contributed by atoms with Gasteiger partial charge in [-0.05, 0) is 23.8 Å². The van der Waals surface area contributed by atoms with E-state index in [1.807, 2.05) is 13.1 Å². The molecular weight excluding hydrogens is 422 g/mol. The highest BCUT2D eigenvalue weighted by molar-refractivity contribution is 8.93. The van der Waals surface area contributed by atoms with Crippen molar-refractivity contribution in [1.29, 1.82) is 0 Å². The van der Waals surface area contributed by atoms with Crippen molar-refractivity contribution >= 4 is 46.0 Å². The third-order valence-electron chi connectivity index (χ3n) is 4.66. The summed E-state index contributed by atoms with van der Waals surface area (Å²) in [5, 5.41) is 7.70. The fourth-order valence-corrected chi connectivity index (χ4v) is 4.49. The lowest BCUT2D eigenvalue weighted by Gasteiger charge is -2.37. The number of anilines is 2. The summed E-state index contributed by atoms with van der Waals surface area (Å²) < 4.78 is 0. The van der Waals surface area contributed by atoms with Gasteiger partial charge in [-0.1, -0.05) is 55.9 Å². The fraction of sp³-hybridized carbons (Fsp3) is 0.350. The maximum Gasteiger partial charge on any atom is 0.154 e. The normalized spacial score (nSPS) is 18.9. The molecule has 4 rings (SSSR count). The number of aliphatic imine (C=N–C) groups is 1. The molecule has 0 amide bonds. The van der Waals surface area contributed by atoms with Gasteiger partial charge >= 0.3 is 0 Å². The van der Waals surface area contributed by atoms with Gasteiger partial charge < -0.3 is 10.6 Å². The second kappa shape index (κ2) is 8.02. The molecule has 0 fully saturated rings. The van der Waals surface area contributed by atoms with Gasteiger partial charge in [0.2, 0.25) is 0 Å². The maximum absolute atomic E-state index is 4.99. The third kappa shape index (κ3) is 4.19. The number of allylic oxidation sites excluding steroid dienone is 2. The standard InChI is InChI=1S/C20H23N5S.BrH/c1-20(2)9-14(22-11-13-7-5-4-6-8-13)17-15(10-20)25-16-18(21-3)23-12-24-19(16)26-17;/h4-8,12,25H,9-11H2,1-3H3,(H,21,23,24);1H. The molecule has 1 aromatic heterocycles. The van der Waals surface area contributed by atoms with Crippen molar-refractivity contribution in [2.75, 3.05) is 17.7 Å². The van der Waals surface area contributed by atoms with Gasteiger partial charge in [-0.15, -0.1) is 17.0 Å². The Morgan fingerprint density at radius 3 is 2.70 bits per heavy atom. The number of nitrogens with zero attached hydrogens (tertiary/aromatic N) is 3. The molecule has 2 heterocycles. The highest BCUT2D eigenvalue weighted by atomic mass is 79.9. The Balaban J connectivity index is 0.00000210. The number of thioether (sulfide) groups is 1. The summed E-state index contributed by atoms with van der Waals surface area (Å²) in [5.74, 6) is 0.834. The first kappa shape index (κ1) is 19.9. The van der Waals surface area contributed by atoms with Gasteiger partial charge in [0.25, 0.3) is 0 Å². The maximum atomic E-state index is 4.99. The number of nitrogens with one attached hydrogen (secondary N) is 2. The molecule has 1 aliphatic heterocycles. The Bertz CT molecular complexity index is 893. The molecule has 0 spiro atoms. The third-order valence-corrected chi connectivity index (χ3v) is 5.85. The first-order chi connectivity index (χ1) is 12.6. The zero-order valence-corrected chi connectivity index (χ0v) is 18.3. The van der Waals surface area contributed by atoms with E-state index in [-0.39, 0.29) is 22.4 Å². The zero-order valence-electron chi connectivity index (χ0n) is 15.7. The van der Waals surface area contributed by atoms with Crippen LogP contribution >= 0.6 is 28.7 Å². The average Bonchev–Trinajstić information content (AvgIpc) is 2.64. The summed E-state index contributed by atoms with van der Waals surface area (Å²) in [6.07, 6.45) is 3.59. The minimum atomic E-state index is 0. The second-order valence-corrected chi connectivity index (χ2v) is 8.45. The molecule has 1 aliphatic carbocycles. The minimum absolute atomic E-state index is 0. The van der Waals surface area contributed by atoms with Gasteiger partial charge in [-0.2, -0.15) is 0 Å². The summed E-state index contributed by atoms with van der Waals surface area (Å²) >= 11 is 1.71. The van der Waals surface area contributed by atoms with Crippen LogP contribution in [0.4, 0.5) is 11.5 Å². The summed E-state index contributed by atoms with van der Waals surface area (Å²) in [7, 11) is 1.89. The van der Waals surface area contributed by atoms with E-state index < -0.39 is 0 Å². The highest BCUT2D eigenvalue weighted by Gasteiger charge is 2.35. The lowest BCUT2D eigenvalue weighted by molar-refractivity contribution is 0.373. The van der Waals surface area contributed by atoms with Crippen LogP contribution in [-0.4, -0.2) is 22.7 Å². The molecule has 0 radical (unpaired) electrons. The fourth-order valence-electron chi connectivity index (χ4n) is 3.44. The predicted molar refractivity (Wildman–Crippen MR) is 119 cm³/mol.